The van der Waals surface area contributed by atoms with Crippen LogP contribution in [0.25, 0.3) is 11.4 Å². The third-order valence-corrected chi connectivity index (χ3v) is 3.31. The van der Waals surface area contributed by atoms with E-state index in [1.807, 2.05) is 30.6 Å². The molecular weight excluding hydrogens is 288 g/mol. The van der Waals surface area contributed by atoms with Gasteiger partial charge >= 0.3 is 0 Å². The Morgan fingerprint density at radius 3 is 2.76 bits per heavy atom. The smallest absolute Gasteiger partial charge is 0.139 e. The van der Waals surface area contributed by atoms with Crippen LogP contribution in [0.4, 0.5) is 0 Å². The fraction of sp³-hybridized carbons (Fsp3) is 0.438. The summed E-state index contributed by atoms with van der Waals surface area (Å²) in [7, 11) is 1.64. The highest BCUT2D eigenvalue weighted by Gasteiger charge is 2.10. The second-order valence-corrected chi connectivity index (χ2v) is 5.69. The zero-order valence-corrected chi connectivity index (χ0v) is 13.4. The molecule has 1 aromatic carbocycles. The first-order valence-electron chi connectivity index (χ1n) is 7.04. The Bertz CT molecular complexity index is 581. The lowest BCUT2D eigenvalue weighted by atomic mass is 10.2. The van der Waals surface area contributed by atoms with Crippen LogP contribution in [-0.4, -0.2) is 29.9 Å². The Morgan fingerprint density at radius 2 is 2.10 bits per heavy atom. The maximum Gasteiger partial charge on any atom is 0.139 e. The highest BCUT2D eigenvalue weighted by Crippen LogP contribution is 2.30. The summed E-state index contributed by atoms with van der Waals surface area (Å²) in [4.78, 5) is 4.43. The van der Waals surface area contributed by atoms with Crippen LogP contribution in [0.5, 0.6) is 5.75 Å². The second-order valence-electron chi connectivity index (χ2n) is 5.28. The van der Waals surface area contributed by atoms with Crippen LogP contribution in [0.1, 0.15) is 13.8 Å². The van der Waals surface area contributed by atoms with E-state index in [0.717, 1.165) is 17.9 Å². The SMILES string of the molecule is COCCOc1ccc(-c2nccn2CC(C)C)cc1Cl. The molecule has 0 saturated heterocycles. The van der Waals surface area contributed by atoms with E-state index in [1.54, 1.807) is 7.11 Å². The number of benzene rings is 1. The molecule has 2 rings (SSSR count). The Morgan fingerprint density at radius 1 is 1.29 bits per heavy atom. The average molecular weight is 309 g/mol. The van der Waals surface area contributed by atoms with Crippen molar-refractivity contribution in [2.75, 3.05) is 20.3 Å². The van der Waals surface area contributed by atoms with Crippen molar-refractivity contribution in [3.05, 3.63) is 35.6 Å². The van der Waals surface area contributed by atoms with Crippen LogP contribution in [0.15, 0.2) is 30.6 Å². The maximum absolute atomic E-state index is 6.28. The molecule has 1 heterocycles. The fourth-order valence-corrected chi connectivity index (χ4v) is 2.34. The molecule has 0 aliphatic carbocycles. The van der Waals surface area contributed by atoms with Gasteiger partial charge in [-0.2, -0.15) is 0 Å². The van der Waals surface area contributed by atoms with Crippen LogP contribution < -0.4 is 4.74 Å². The predicted octanol–water partition coefficient (Wildman–Crippen LogP) is 3.88. The van der Waals surface area contributed by atoms with Gasteiger partial charge in [-0.3, -0.25) is 0 Å². The number of aromatic nitrogens is 2. The van der Waals surface area contributed by atoms with Gasteiger partial charge in [0, 0.05) is 31.6 Å². The van der Waals surface area contributed by atoms with Gasteiger partial charge in [-0.25, -0.2) is 4.98 Å². The first-order chi connectivity index (χ1) is 10.1. The van der Waals surface area contributed by atoms with Crippen molar-refractivity contribution >= 4 is 11.6 Å². The molecule has 0 bridgehead atoms. The van der Waals surface area contributed by atoms with Crippen molar-refractivity contribution in [3.8, 4) is 17.1 Å². The van der Waals surface area contributed by atoms with E-state index in [2.05, 4.69) is 23.4 Å². The lowest BCUT2D eigenvalue weighted by Crippen LogP contribution is -2.06. The summed E-state index contributed by atoms with van der Waals surface area (Å²) in [5.41, 5.74) is 0.991. The molecule has 1 aromatic heterocycles. The third-order valence-electron chi connectivity index (χ3n) is 3.01. The van der Waals surface area contributed by atoms with E-state index in [4.69, 9.17) is 21.1 Å². The Balaban J connectivity index is 2.18. The molecule has 0 fully saturated rings. The number of imidazole rings is 1. The monoisotopic (exact) mass is 308 g/mol. The predicted molar refractivity (Wildman–Crippen MR) is 84.9 cm³/mol. The summed E-state index contributed by atoms with van der Waals surface area (Å²) in [6.45, 7) is 6.32. The summed E-state index contributed by atoms with van der Waals surface area (Å²) in [5, 5.41) is 0.586. The zero-order valence-electron chi connectivity index (χ0n) is 12.7. The van der Waals surface area contributed by atoms with E-state index < -0.39 is 0 Å². The van der Waals surface area contributed by atoms with Gasteiger partial charge in [0.15, 0.2) is 0 Å². The minimum absolute atomic E-state index is 0.484. The molecule has 2 aromatic rings. The van der Waals surface area contributed by atoms with Gasteiger partial charge in [-0.15, -0.1) is 0 Å². The normalized spacial score (nSPS) is 11.1. The quantitative estimate of drug-likeness (QED) is 0.728. The standard InChI is InChI=1S/C16H21ClN2O2/c1-12(2)11-19-7-6-18-16(19)13-4-5-15(14(17)10-13)21-9-8-20-3/h4-7,10,12H,8-9,11H2,1-3H3. The molecule has 0 aliphatic rings. The number of hydrogen-bond donors (Lipinski definition) is 0. The highest BCUT2D eigenvalue weighted by atomic mass is 35.5. The minimum atomic E-state index is 0.484. The van der Waals surface area contributed by atoms with E-state index >= 15 is 0 Å². The van der Waals surface area contributed by atoms with Crippen molar-refractivity contribution in [1.29, 1.82) is 0 Å². The van der Waals surface area contributed by atoms with Gasteiger partial charge in [-0.1, -0.05) is 25.4 Å². The van der Waals surface area contributed by atoms with Gasteiger partial charge in [0.05, 0.1) is 11.6 Å². The first-order valence-corrected chi connectivity index (χ1v) is 7.42. The second kappa shape index (κ2) is 7.48. The van der Waals surface area contributed by atoms with Crippen LogP contribution >= 0.6 is 11.6 Å². The van der Waals surface area contributed by atoms with Crippen LogP contribution in [0.3, 0.4) is 0 Å². The fourth-order valence-electron chi connectivity index (χ4n) is 2.10. The molecule has 21 heavy (non-hydrogen) atoms. The van der Waals surface area contributed by atoms with Gasteiger partial charge < -0.3 is 14.0 Å². The molecule has 0 atom stereocenters. The molecule has 0 saturated carbocycles. The molecule has 4 nitrogen and oxygen atoms in total. The van der Waals surface area contributed by atoms with E-state index in [1.165, 1.54) is 0 Å². The molecule has 114 valence electrons. The summed E-state index contributed by atoms with van der Waals surface area (Å²) in [5.74, 6) is 2.15. The number of halogens is 1. The average Bonchev–Trinajstić information content (AvgIpc) is 2.88. The van der Waals surface area contributed by atoms with Gasteiger partial charge in [0.1, 0.15) is 18.2 Å². The zero-order chi connectivity index (χ0) is 15.2. The lowest BCUT2D eigenvalue weighted by molar-refractivity contribution is 0.146. The number of ether oxygens (including phenoxy) is 2. The van der Waals surface area contributed by atoms with Crippen molar-refractivity contribution in [3.63, 3.8) is 0 Å². The van der Waals surface area contributed by atoms with Crippen LogP contribution in [0.2, 0.25) is 5.02 Å². The van der Waals surface area contributed by atoms with Gasteiger partial charge in [0.25, 0.3) is 0 Å². The first kappa shape index (κ1) is 15.9. The number of methoxy groups -OCH3 is 1. The van der Waals surface area contributed by atoms with Crippen molar-refractivity contribution in [2.24, 2.45) is 5.92 Å². The molecule has 0 N–H and O–H groups in total. The summed E-state index contributed by atoms with van der Waals surface area (Å²) in [6, 6.07) is 5.75. The molecule has 0 aliphatic heterocycles. The molecular formula is C16H21ClN2O2. The van der Waals surface area contributed by atoms with E-state index in [9.17, 15) is 0 Å². The van der Waals surface area contributed by atoms with Crippen molar-refractivity contribution in [2.45, 2.75) is 20.4 Å². The molecule has 5 heteroatoms. The van der Waals surface area contributed by atoms with E-state index in [0.29, 0.717) is 29.9 Å². The highest BCUT2D eigenvalue weighted by molar-refractivity contribution is 6.32. The maximum atomic E-state index is 6.28. The summed E-state index contributed by atoms with van der Waals surface area (Å²) < 4.78 is 12.7. The minimum Gasteiger partial charge on any atom is -0.490 e. The van der Waals surface area contributed by atoms with Gasteiger partial charge in [-0.05, 0) is 24.1 Å². The Kier molecular flexibility index (Phi) is 5.65. The topological polar surface area (TPSA) is 36.3 Å². The Labute approximate surface area is 130 Å². The lowest BCUT2D eigenvalue weighted by Gasteiger charge is -2.12. The van der Waals surface area contributed by atoms with Crippen molar-refractivity contribution in [1.82, 2.24) is 9.55 Å². The van der Waals surface area contributed by atoms with E-state index in [-0.39, 0.29) is 0 Å². The summed E-state index contributed by atoms with van der Waals surface area (Å²) in [6.07, 6.45) is 3.81. The van der Waals surface area contributed by atoms with Crippen molar-refractivity contribution < 1.29 is 9.47 Å². The largest absolute Gasteiger partial charge is 0.490 e. The van der Waals surface area contributed by atoms with Gasteiger partial charge in [0.2, 0.25) is 0 Å². The summed E-state index contributed by atoms with van der Waals surface area (Å²) >= 11 is 6.28. The number of hydrogen-bond acceptors (Lipinski definition) is 3. The van der Waals surface area contributed by atoms with Crippen LogP contribution in [0, 0.1) is 5.92 Å². The van der Waals surface area contributed by atoms with Crippen LogP contribution in [-0.2, 0) is 11.3 Å². The molecule has 0 radical (unpaired) electrons. The number of rotatable bonds is 7. The molecule has 0 amide bonds. The molecule has 0 spiro atoms. The molecule has 0 unspecified atom stereocenters. The Hall–Kier alpha value is -1.52. The third kappa shape index (κ3) is 4.22. The number of nitrogens with zero attached hydrogens (tertiary/aromatic N) is 2.